The number of Topliss-reactive ketones (excluding diaryl/α,β-unsaturated/α-hetero) is 1. The first kappa shape index (κ1) is 16.6. The van der Waals surface area contributed by atoms with E-state index >= 15 is 0 Å². The average Bonchev–Trinajstić information content (AvgIpc) is 2.30. The maximum absolute atomic E-state index is 11.8. The van der Waals surface area contributed by atoms with E-state index < -0.39 is 5.60 Å². The molecule has 0 amide bonds. The van der Waals surface area contributed by atoms with E-state index in [9.17, 15) is 4.79 Å². The van der Waals surface area contributed by atoms with E-state index in [-0.39, 0.29) is 5.78 Å². The largest absolute Gasteiger partial charge is 0.384 e. The first-order valence-electron chi connectivity index (χ1n) is 6.18. The first-order valence-corrected chi connectivity index (χ1v) is 6.18. The molecule has 1 unspecified atom stereocenters. The summed E-state index contributed by atoms with van der Waals surface area (Å²) in [7, 11) is 1.59. The molecule has 0 heterocycles. The minimum absolute atomic E-state index is 0.0722. The van der Waals surface area contributed by atoms with Crippen molar-refractivity contribution in [3.63, 3.8) is 0 Å². The predicted octanol–water partition coefficient (Wildman–Crippen LogP) is 2.06. The summed E-state index contributed by atoms with van der Waals surface area (Å²) in [5.41, 5.74) is -0.737. The van der Waals surface area contributed by atoms with Gasteiger partial charge in [-0.15, -0.1) is 0 Å². The van der Waals surface area contributed by atoms with E-state index in [1.54, 1.807) is 21.0 Å². The lowest BCUT2D eigenvalue weighted by Gasteiger charge is -2.25. The summed E-state index contributed by atoms with van der Waals surface area (Å²) in [6, 6.07) is 0. The highest BCUT2D eigenvalue weighted by Crippen LogP contribution is 2.15. The van der Waals surface area contributed by atoms with Gasteiger partial charge in [-0.2, -0.15) is 0 Å². The Balaban J connectivity index is 3.94. The minimum atomic E-state index is -0.737. The van der Waals surface area contributed by atoms with Crippen LogP contribution >= 0.6 is 0 Å². The van der Waals surface area contributed by atoms with Gasteiger partial charge in [0, 0.05) is 26.1 Å². The summed E-state index contributed by atoms with van der Waals surface area (Å²) in [6.45, 7) is 9.97. The highest BCUT2D eigenvalue weighted by molar-refractivity contribution is 5.86. The molecule has 0 fully saturated rings. The Morgan fingerprint density at radius 1 is 1.29 bits per heavy atom. The van der Waals surface area contributed by atoms with Crippen LogP contribution in [0.25, 0.3) is 0 Å². The third-order valence-corrected chi connectivity index (χ3v) is 2.54. The molecule has 4 heteroatoms. The second-order valence-electron chi connectivity index (χ2n) is 4.75. The van der Waals surface area contributed by atoms with Crippen molar-refractivity contribution < 1.29 is 19.0 Å². The van der Waals surface area contributed by atoms with E-state index in [2.05, 4.69) is 0 Å². The van der Waals surface area contributed by atoms with Crippen molar-refractivity contribution in [2.24, 2.45) is 5.92 Å². The lowest BCUT2D eigenvalue weighted by molar-refractivity contribution is -0.143. The number of ether oxygens (including phenoxy) is 3. The molecule has 0 aromatic carbocycles. The molecule has 1 atom stereocenters. The normalized spacial score (nSPS) is 13.7. The van der Waals surface area contributed by atoms with Gasteiger partial charge in [0.05, 0.1) is 19.8 Å². The smallest absolute Gasteiger partial charge is 0.166 e. The highest BCUT2D eigenvalue weighted by atomic mass is 16.5. The summed E-state index contributed by atoms with van der Waals surface area (Å²) in [5, 5.41) is 0. The molecule has 0 bridgehead atoms. The van der Waals surface area contributed by atoms with E-state index in [1.807, 2.05) is 13.8 Å². The number of hydrogen-bond donors (Lipinski definition) is 0. The fourth-order valence-corrected chi connectivity index (χ4v) is 1.29. The standard InChI is InChI=1S/C13H26O4/c1-6-16-9-11(2)10-17-13(3,4)12(14)7-8-15-5/h11H,6-10H2,1-5H3. The molecule has 0 aliphatic heterocycles. The SMILES string of the molecule is CCOCC(C)COC(C)(C)C(=O)CCOC. The van der Waals surface area contributed by atoms with Gasteiger partial charge < -0.3 is 14.2 Å². The van der Waals surface area contributed by atoms with Crippen molar-refractivity contribution in [2.45, 2.75) is 39.7 Å². The van der Waals surface area contributed by atoms with Crippen LogP contribution in [0, 0.1) is 5.92 Å². The molecule has 0 aliphatic rings. The molecule has 4 nitrogen and oxygen atoms in total. The number of carbonyl (C=O) groups excluding carboxylic acids is 1. The molecular weight excluding hydrogens is 220 g/mol. The molecule has 102 valence electrons. The third-order valence-electron chi connectivity index (χ3n) is 2.54. The van der Waals surface area contributed by atoms with Crippen LogP contribution in [0.3, 0.4) is 0 Å². The van der Waals surface area contributed by atoms with E-state index in [4.69, 9.17) is 14.2 Å². The zero-order valence-electron chi connectivity index (χ0n) is 11.7. The highest BCUT2D eigenvalue weighted by Gasteiger charge is 2.28. The molecule has 0 aliphatic carbocycles. The summed E-state index contributed by atoms with van der Waals surface area (Å²) in [4.78, 5) is 11.8. The van der Waals surface area contributed by atoms with Crippen LogP contribution in [0.5, 0.6) is 0 Å². The van der Waals surface area contributed by atoms with Crippen LogP contribution < -0.4 is 0 Å². The molecule has 0 spiro atoms. The number of carbonyl (C=O) groups is 1. The molecule has 17 heavy (non-hydrogen) atoms. The van der Waals surface area contributed by atoms with Gasteiger partial charge >= 0.3 is 0 Å². The molecule has 0 aromatic rings. The van der Waals surface area contributed by atoms with Crippen LogP contribution in [0.4, 0.5) is 0 Å². The quantitative estimate of drug-likeness (QED) is 0.592. The number of hydrogen-bond acceptors (Lipinski definition) is 4. The minimum Gasteiger partial charge on any atom is -0.384 e. The predicted molar refractivity (Wildman–Crippen MR) is 67.2 cm³/mol. The summed E-state index contributed by atoms with van der Waals surface area (Å²) < 4.78 is 15.9. The molecule has 0 N–H and O–H groups in total. The van der Waals surface area contributed by atoms with Gasteiger partial charge in [-0.1, -0.05) is 6.92 Å². The van der Waals surface area contributed by atoms with Crippen molar-refractivity contribution in [3.8, 4) is 0 Å². The van der Waals surface area contributed by atoms with Crippen LogP contribution in [-0.4, -0.2) is 44.9 Å². The second kappa shape index (κ2) is 8.61. The topological polar surface area (TPSA) is 44.8 Å². The lowest BCUT2D eigenvalue weighted by atomic mass is 10.0. The first-order chi connectivity index (χ1) is 7.94. The Morgan fingerprint density at radius 3 is 2.47 bits per heavy atom. The van der Waals surface area contributed by atoms with Crippen LogP contribution in [0.1, 0.15) is 34.1 Å². The second-order valence-corrected chi connectivity index (χ2v) is 4.75. The van der Waals surface area contributed by atoms with Gasteiger partial charge in [-0.3, -0.25) is 4.79 Å². The number of methoxy groups -OCH3 is 1. The lowest BCUT2D eigenvalue weighted by Crippen LogP contribution is -2.37. The molecule has 0 rings (SSSR count). The summed E-state index contributed by atoms with van der Waals surface area (Å²) in [6.07, 6.45) is 0.392. The number of ketones is 1. The summed E-state index contributed by atoms with van der Waals surface area (Å²) in [5.74, 6) is 0.368. The monoisotopic (exact) mass is 246 g/mol. The van der Waals surface area contributed by atoms with Gasteiger partial charge in [-0.05, 0) is 20.8 Å². The number of rotatable bonds is 10. The van der Waals surface area contributed by atoms with Gasteiger partial charge in [0.2, 0.25) is 0 Å². The van der Waals surface area contributed by atoms with Gasteiger partial charge in [-0.25, -0.2) is 0 Å². The Labute approximate surface area is 105 Å². The van der Waals surface area contributed by atoms with Crippen molar-refractivity contribution in [2.75, 3.05) is 33.5 Å². The van der Waals surface area contributed by atoms with Crippen LogP contribution in [-0.2, 0) is 19.0 Å². The zero-order valence-corrected chi connectivity index (χ0v) is 11.7. The zero-order chi connectivity index (χ0) is 13.3. The third kappa shape index (κ3) is 7.47. The van der Waals surface area contributed by atoms with Crippen LogP contribution in [0.15, 0.2) is 0 Å². The van der Waals surface area contributed by atoms with Gasteiger partial charge in [0.25, 0.3) is 0 Å². The maximum atomic E-state index is 11.8. The van der Waals surface area contributed by atoms with Crippen molar-refractivity contribution in [1.29, 1.82) is 0 Å². The molecule has 0 radical (unpaired) electrons. The van der Waals surface area contributed by atoms with Crippen molar-refractivity contribution in [3.05, 3.63) is 0 Å². The maximum Gasteiger partial charge on any atom is 0.166 e. The average molecular weight is 246 g/mol. The summed E-state index contributed by atoms with van der Waals surface area (Å²) >= 11 is 0. The Kier molecular flexibility index (Phi) is 8.39. The van der Waals surface area contributed by atoms with Crippen LogP contribution in [0.2, 0.25) is 0 Å². The van der Waals surface area contributed by atoms with Crippen molar-refractivity contribution in [1.82, 2.24) is 0 Å². The van der Waals surface area contributed by atoms with Gasteiger partial charge in [0.15, 0.2) is 5.78 Å². The molecule has 0 aromatic heterocycles. The van der Waals surface area contributed by atoms with Crippen molar-refractivity contribution >= 4 is 5.78 Å². The van der Waals surface area contributed by atoms with E-state index in [0.29, 0.717) is 38.8 Å². The Hall–Kier alpha value is -0.450. The van der Waals surface area contributed by atoms with E-state index in [1.165, 1.54) is 0 Å². The molecular formula is C13H26O4. The van der Waals surface area contributed by atoms with E-state index in [0.717, 1.165) is 0 Å². The Morgan fingerprint density at radius 2 is 1.94 bits per heavy atom. The molecule has 0 saturated carbocycles. The fraction of sp³-hybridized carbons (Fsp3) is 0.923. The fourth-order valence-electron chi connectivity index (χ4n) is 1.29. The van der Waals surface area contributed by atoms with Gasteiger partial charge in [0.1, 0.15) is 5.60 Å². The Bertz CT molecular complexity index is 213. The molecule has 0 saturated heterocycles.